The summed E-state index contributed by atoms with van der Waals surface area (Å²) in [6, 6.07) is -1.63. The van der Waals surface area contributed by atoms with Crippen molar-refractivity contribution in [1.82, 2.24) is 5.32 Å². The summed E-state index contributed by atoms with van der Waals surface area (Å²) >= 11 is 0. The molecule has 1 atom stereocenters. The molecule has 0 bridgehead atoms. The van der Waals surface area contributed by atoms with Crippen molar-refractivity contribution >= 4 is 12.1 Å². The Morgan fingerprint density at radius 2 is 1.89 bits per heavy atom. The number of carbonyl (C=O) groups excluding carboxylic acids is 1. The van der Waals surface area contributed by atoms with Crippen LogP contribution in [-0.2, 0) is 14.3 Å². The highest BCUT2D eigenvalue weighted by Crippen LogP contribution is 2.29. The van der Waals surface area contributed by atoms with Crippen molar-refractivity contribution in [2.75, 3.05) is 13.2 Å². The molecule has 0 aromatic heterocycles. The molecule has 6 nitrogen and oxygen atoms in total. The molecule has 1 amide bonds. The number of alkyl carbamates (subject to hydrolysis) is 1. The Kier molecular flexibility index (Phi) is 4.73. The van der Waals surface area contributed by atoms with Crippen molar-refractivity contribution in [3.05, 3.63) is 0 Å². The highest BCUT2D eigenvalue weighted by Gasteiger charge is 2.46. The number of hydrogen-bond acceptors (Lipinski definition) is 4. The number of aliphatic carboxylic acids is 1. The fourth-order valence-electron chi connectivity index (χ4n) is 1.84. The Labute approximate surface area is 111 Å². The van der Waals surface area contributed by atoms with E-state index in [1.54, 1.807) is 20.8 Å². The minimum atomic E-state index is -2.01. The third kappa shape index (κ3) is 4.66. The fraction of sp³-hybridized carbons (Fsp3) is 0.833. The molecule has 0 aromatic carbocycles. The van der Waals surface area contributed by atoms with Gasteiger partial charge in [0, 0.05) is 26.1 Å². The molecule has 1 unspecified atom stereocenters. The zero-order chi connectivity index (χ0) is 14.7. The Hall–Kier alpha value is -1.37. The smallest absolute Gasteiger partial charge is 0.408 e. The first kappa shape index (κ1) is 15.7. The van der Waals surface area contributed by atoms with Crippen LogP contribution in [0.1, 0.15) is 33.6 Å². The van der Waals surface area contributed by atoms with E-state index < -0.39 is 29.4 Å². The molecular formula is C12H20FNO5. The van der Waals surface area contributed by atoms with Crippen LogP contribution in [0, 0.1) is 0 Å². The molecule has 0 aromatic rings. The lowest BCUT2D eigenvalue weighted by Crippen LogP contribution is -2.57. The zero-order valence-electron chi connectivity index (χ0n) is 11.4. The largest absolute Gasteiger partial charge is 0.480 e. The third-order valence-electron chi connectivity index (χ3n) is 2.75. The first-order valence-corrected chi connectivity index (χ1v) is 6.13. The van der Waals surface area contributed by atoms with Crippen LogP contribution in [0.4, 0.5) is 9.18 Å². The maximum atomic E-state index is 14.5. The van der Waals surface area contributed by atoms with Crippen LogP contribution in [0.5, 0.6) is 0 Å². The Bertz CT molecular complexity index is 347. The number of hydrogen-bond donors (Lipinski definition) is 2. The van der Waals surface area contributed by atoms with Gasteiger partial charge in [-0.3, -0.25) is 0 Å². The average molecular weight is 277 g/mol. The van der Waals surface area contributed by atoms with Gasteiger partial charge in [-0.15, -0.1) is 0 Å². The number of nitrogens with one attached hydrogen (secondary N) is 1. The summed E-state index contributed by atoms with van der Waals surface area (Å²) in [6.45, 7) is 5.19. The maximum Gasteiger partial charge on any atom is 0.408 e. The number of alkyl halides is 1. The topological polar surface area (TPSA) is 84.9 Å². The van der Waals surface area contributed by atoms with Crippen molar-refractivity contribution in [1.29, 1.82) is 0 Å². The van der Waals surface area contributed by atoms with Crippen LogP contribution >= 0.6 is 0 Å². The van der Waals surface area contributed by atoms with Gasteiger partial charge in [0.05, 0.1) is 0 Å². The fourth-order valence-corrected chi connectivity index (χ4v) is 1.84. The lowest BCUT2D eigenvalue weighted by atomic mass is 9.88. The molecule has 1 heterocycles. The number of halogens is 1. The minimum absolute atomic E-state index is 0.0697. The van der Waals surface area contributed by atoms with Gasteiger partial charge < -0.3 is 19.9 Å². The van der Waals surface area contributed by atoms with Crippen LogP contribution in [0.2, 0.25) is 0 Å². The number of carboxylic acids is 1. The van der Waals surface area contributed by atoms with E-state index in [2.05, 4.69) is 5.32 Å². The van der Waals surface area contributed by atoms with Crippen LogP contribution < -0.4 is 5.32 Å². The summed E-state index contributed by atoms with van der Waals surface area (Å²) in [4.78, 5) is 22.7. The van der Waals surface area contributed by atoms with E-state index in [1.165, 1.54) is 0 Å². The average Bonchev–Trinajstić information content (AvgIpc) is 2.24. The summed E-state index contributed by atoms with van der Waals surface area (Å²) in [5.74, 6) is -1.42. The molecule has 0 aliphatic carbocycles. The molecule has 110 valence electrons. The number of ether oxygens (including phenoxy) is 2. The van der Waals surface area contributed by atoms with E-state index in [0.29, 0.717) is 0 Å². The SMILES string of the molecule is CC(C)(C)OC(=O)NC(C(=O)O)C1(F)CCOCC1. The van der Waals surface area contributed by atoms with Crippen molar-refractivity contribution in [2.45, 2.75) is 50.9 Å². The van der Waals surface area contributed by atoms with E-state index in [9.17, 15) is 14.0 Å². The second-order valence-electron chi connectivity index (χ2n) is 5.56. The van der Waals surface area contributed by atoms with Crippen LogP contribution in [0.15, 0.2) is 0 Å². The van der Waals surface area contributed by atoms with Crippen LogP contribution in [0.25, 0.3) is 0 Å². The van der Waals surface area contributed by atoms with Crippen molar-refractivity contribution < 1.29 is 28.6 Å². The van der Waals surface area contributed by atoms with E-state index in [4.69, 9.17) is 14.6 Å². The first-order valence-electron chi connectivity index (χ1n) is 6.13. The van der Waals surface area contributed by atoms with Crippen molar-refractivity contribution in [3.63, 3.8) is 0 Å². The second kappa shape index (κ2) is 5.73. The lowest BCUT2D eigenvalue weighted by Gasteiger charge is -2.34. The summed E-state index contributed by atoms with van der Waals surface area (Å²) < 4.78 is 24.5. The summed E-state index contributed by atoms with van der Waals surface area (Å²) in [6.07, 6.45) is -1.08. The number of rotatable bonds is 3. The van der Waals surface area contributed by atoms with E-state index in [1.807, 2.05) is 0 Å². The number of carbonyl (C=O) groups is 2. The van der Waals surface area contributed by atoms with Crippen LogP contribution in [-0.4, -0.2) is 47.7 Å². The Balaban J connectivity index is 2.73. The van der Waals surface area contributed by atoms with Gasteiger partial charge in [-0.2, -0.15) is 0 Å². The molecule has 1 aliphatic rings. The van der Waals surface area contributed by atoms with Crippen molar-refractivity contribution in [2.24, 2.45) is 0 Å². The van der Waals surface area contributed by atoms with Gasteiger partial charge in [0.15, 0.2) is 6.04 Å². The lowest BCUT2D eigenvalue weighted by molar-refractivity contribution is -0.146. The molecule has 0 radical (unpaired) electrons. The Morgan fingerprint density at radius 1 is 1.37 bits per heavy atom. The Morgan fingerprint density at radius 3 is 2.32 bits per heavy atom. The summed E-state index contributed by atoms with van der Waals surface area (Å²) in [5.41, 5.74) is -2.78. The highest BCUT2D eigenvalue weighted by atomic mass is 19.1. The molecule has 19 heavy (non-hydrogen) atoms. The monoisotopic (exact) mass is 277 g/mol. The van der Waals surface area contributed by atoms with Gasteiger partial charge in [-0.1, -0.05) is 0 Å². The van der Waals surface area contributed by atoms with Gasteiger partial charge >= 0.3 is 12.1 Å². The van der Waals surface area contributed by atoms with Gasteiger partial charge in [0.1, 0.15) is 11.3 Å². The van der Waals surface area contributed by atoms with E-state index >= 15 is 0 Å². The molecule has 0 spiro atoms. The minimum Gasteiger partial charge on any atom is -0.480 e. The maximum absolute atomic E-state index is 14.5. The molecule has 0 saturated carbocycles. The number of carboxylic acid groups (broad SMARTS) is 1. The predicted molar refractivity (Wildman–Crippen MR) is 64.7 cm³/mol. The highest BCUT2D eigenvalue weighted by molar-refractivity contribution is 5.81. The standard InChI is InChI=1S/C12H20FNO5/c1-11(2,3)19-10(17)14-8(9(15)16)12(13)4-6-18-7-5-12/h8H,4-7H2,1-3H3,(H,14,17)(H,15,16). The van der Waals surface area contributed by atoms with Gasteiger partial charge in [0.25, 0.3) is 0 Å². The summed E-state index contributed by atoms with van der Waals surface area (Å²) in [5, 5.41) is 11.2. The molecule has 2 N–H and O–H groups in total. The quantitative estimate of drug-likeness (QED) is 0.816. The molecular weight excluding hydrogens is 257 g/mol. The van der Waals surface area contributed by atoms with Gasteiger partial charge in [0.2, 0.25) is 0 Å². The normalized spacial score (nSPS) is 20.4. The zero-order valence-corrected chi connectivity index (χ0v) is 11.4. The molecule has 7 heteroatoms. The molecule has 1 saturated heterocycles. The van der Waals surface area contributed by atoms with Gasteiger partial charge in [-0.25, -0.2) is 14.0 Å². The molecule has 1 rings (SSSR count). The molecule has 1 fully saturated rings. The van der Waals surface area contributed by atoms with Crippen LogP contribution in [0.3, 0.4) is 0 Å². The molecule has 1 aliphatic heterocycles. The van der Waals surface area contributed by atoms with Gasteiger partial charge in [-0.05, 0) is 20.8 Å². The van der Waals surface area contributed by atoms with E-state index in [-0.39, 0.29) is 26.1 Å². The predicted octanol–water partition coefficient (Wildman–Crippen LogP) is 1.48. The van der Waals surface area contributed by atoms with E-state index in [0.717, 1.165) is 0 Å². The first-order chi connectivity index (χ1) is 8.64. The van der Waals surface area contributed by atoms with Crippen molar-refractivity contribution in [3.8, 4) is 0 Å². The summed E-state index contributed by atoms with van der Waals surface area (Å²) in [7, 11) is 0. The second-order valence-corrected chi connectivity index (χ2v) is 5.56. The third-order valence-corrected chi connectivity index (χ3v) is 2.75. The number of amides is 1.